The predicted molar refractivity (Wildman–Crippen MR) is 79.1 cm³/mol. The molecule has 2 N–H and O–H groups in total. The maximum Gasteiger partial charge on any atom is 0.242 e. The smallest absolute Gasteiger partial charge is 0.242 e. The lowest BCUT2D eigenvalue weighted by molar-refractivity contribution is -0.150. The van der Waals surface area contributed by atoms with Gasteiger partial charge in [-0.3, -0.25) is 9.69 Å². The molecule has 2 atom stereocenters. The molecule has 1 aliphatic heterocycles. The van der Waals surface area contributed by atoms with Gasteiger partial charge in [-0.15, -0.1) is 11.3 Å². The van der Waals surface area contributed by atoms with Gasteiger partial charge < -0.3 is 10.6 Å². The highest BCUT2D eigenvalue weighted by Gasteiger charge is 2.45. The third kappa shape index (κ3) is 2.55. The van der Waals surface area contributed by atoms with Gasteiger partial charge in [0.2, 0.25) is 5.91 Å². The Morgan fingerprint density at radius 1 is 1.42 bits per heavy atom. The Morgan fingerprint density at radius 3 is 2.63 bits per heavy atom. The standard InChI is InChI=1S/C14H23N3OS/c1-10(15)12(11-6-5-9-19-11)17-8-7-16(4)13(18)14(17,2)3/h5-6,9-10,12H,7-8,15H2,1-4H3. The fraction of sp³-hybridized carbons (Fsp3) is 0.643. The van der Waals surface area contributed by atoms with Gasteiger partial charge in [-0.05, 0) is 32.2 Å². The van der Waals surface area contributed by atoms with Crippen LogP contribution in [0.5, 0.6) is 0 Å². The molecule has 106 valence electrons. The van der Waals surface area contributed by atoms with Crippen molar-refractivity contribution < 1.29 is 4.79 Å². The summed E-state index contributed by atoms with van der Waals surface area (Å²) in [5, 5.41) is 2.07. The summed E-state index contributed by atoms with van der Waals surface area (Å²) in [7, 11) is 1.87. The van der Waals surface area contributed by atoms with Crippen LogP contribution in [0.1, 0.15) is 31.7 Å². The molecule has 2 rings (SSSR count). The first-order valence-electron chi connectivity index (χ1n) is 6.67. The van der Waals surface area contributed by atoms with E-state index in [0.717, 1.165) is 13.1 Å². The summed E-state index contributed by atoms with van der Waals surface area (Å²) in [6.07, 6.45) is 0. The van der Waals surface area contributed by atoms with Gasteiger partial charge in [-0.2, -0.15) is 0 Å². The number of nitrogens with two attached hydrogens (primary N) is 1. The summed E-state index contributed by atoms with van der Waals surface area (Å²) in [6, 6.07) is 4.25. The van der Waals surface area contributed by atoms with Crippen LogP contribution in [-0.4, -0.2) is 47.4 Å². The number of amides is 1. The van der Waals surface area contributed by atoms with E-state index < -0.39 is 5.54 Å². The van der Waals surface area contributed by atoms with Gasteiger partial charge in [0.15, 0.2) is 0 Å². The van der Waals surface area contributed by atoms with Crippen molar-refractivity contribution in [2.75, 3.05) is 20.1 Å². The highest BCUT2D eigenvalue weighted by Crippen LogP contribution is 2.35. The van der Waals surface area contributed by atoms with E-state index in [2.05, 4.69) is 16.3 Å². The van der Waals surface area contributed by atoms with Gasteiger partial charge in [0.05, 0.1) is 11.6 Å². The zero-order valence-electron chi connectivity index (χ0n) is 12.1. The van der Waals surface area contributed by atoms with Crippen molar-refractivity contribution in [3.63, 3.8) is 0 Å². The average molecular weight is 281 g/mol. The number of carbonyl (C=O) groups excluding carboxylic acids is 1. The van der Waals surface area contributed by atoms with Gasteiger partial charge in [-0.25, -0.2) is 0 Å². The molecular formula is C14H23N3OS. The predicted octanol–water partition coefficient (Wildman–Crippen LogP) is 1.69. The van der Waals surface area contributed by atoms with Crippen LogP contribution in [0.2, 0.25) is 0 Å². The number of likely N-dealkylation sites (N-methyl/N-ethyl adjacent to an activating group) is 1. The Hall–Kier alpha value is -0.910. The number of nitrogens with zero attached hydrogens (tertiary/aromatic N) is 2. The fourth-order valence-electron chi connectivity index (χ4n) is 2.87. The summed E-state index contributed by atoms with van der Waals surface area (Å²) in [4.78, 5) is 17.7. The topological polar surface area (TPSA) is 49.6 Å². The van der Waals surface area contributed by atoms with Crippen LogP contribution in [0.3, 0.4) is 0 Å². The van der Waals surface area contributed by atoms with Gasteiger partial charge in [0.1, 0.15) is 0 Å². The van der Waals surface area contributed by atoms with Crippen molar-refractivity contribution in [1.82, 2.24) is 9.80 Å². The molecule has 1 aromatic rings. The lowest BCUT2D eigenvalue weighted by atomic mass is 9.92. The Bertz CT molecular complexity index is 442. The number of hydrogen-bond acceptors (Lipinski definition) is 4. The van der Waals surface area contributed by atoms with Crippen LogP contribution in [0.4, 0.5) is 0 Å². The van der Waals surface area contributed by atoms with Crippen LogP contribution in [0.25, 0.3) is 0 Å². The molecule has 0 aromatic carbocycles. The summed E-state index contributed by atoms with van der Waals surface area (Å²) < 4.78 is 0. The fourth-order valence-corrected chi connectivity index (χ4v) is 3.82. The molecule has 19 heavy (non-hydrogen) atoms. The van der Waals surface area contributed by atoms with Crippen LogP contribution in [0.15, 0.2) is 17.5 Å². The third-order valence-corrected chi connectivity index (χ3v) is 4.88. The maximum atomic E-state index is 12.4. The minimum atomic E-state index is -0.505. The zero-order valence-corrected chi connectivity index (χ0v) is 12.9. The van der Waals surface area contributed by atoms with Crippen LogP contribution >= 0.6 is 11.3 Å². The molecule has 0 spiro atoms. The van der Waals surface area contributed by atoms with Crippen LogP contribution in [-0.2, 0) is 4.79 Å². The number of thiophene rings is 1. The van der Waals surface area contributed by atoms with Crippen molar-refractivity contribution in [3.05, 3.63) is 22.4 Å². The monoisotopic (exact) mass is 281 g/mol. The number of piperazine rings is 1. The van der Waals surface area contributed by atoms with E-state index in [1.54, 1.807) is 11.3 Å². The molecule has 0 bridgehead atoms. The molecule has 0 saturated carbocycles. The molecule has 0 radical (unpaired) electrons. The Kier molecular flexibility index (Phi) is 3.99. The molecule has 5 heteroatoms. The number of hydrogen-bond donors (Lipinski definition) is 1. The summed E-state index contributed by atoms with van der Waals surface area (Å²) in [5.74, 6) is 0.168. The van der Waals surface area contributed by atoms with Gasteiger partial charge in [-0.1, -0.05) is 6.07 Å². The molecule has 1 saturated heterocycles. The highest BCUT2D eigenvalue weighted by atomic mass is 32.1. The van der Waals surface area contributed by atoms with Crippen LogP contribution < -0.4 is 5.73 Å². The lowest BCUT2D eigenvalue weighted by Crippen LogP contribution is -2.64. The van der Waals surface area contributed by atoms with E-state index in [-0.39, 0.29) is 18.0 Å². The van der Waals surface area contributed by atoms with Crippen molar-refractivity contribution in [1.29, 1.82) is 0 Å². The second kappa shape index (κ2) is 5.23. The van der Waals surface area contributed by atoms with Crippen molar-refractivity contribution in [2.45, 2.75) is 38.4 Å². The minimum absolute atomic E-state index is 0.00543. The summed E-state index contributed by atoms with van der Waals surface area (Å²) in [5.41, 5.74) is 5.70. The molecule has 4 nitrogen and oxygen atoms in total. The minimum Gasteiger partial charge on any atom is -0.343 e. The largest absolute Gasteiger partial charge is 0.343 e. The summed E-state index contributed by atoms with van der Waals surface area (Å²) in [6.45, 7) is 7.63. The van der Waals surface area contributed by atoms with Gasteiger partial charge in [0.25, 0.3) is 0 Å². The molecule has 1 fully saturated rings. The first-order chi connectivity index (χ1) is 8.85. The molecule has 1 aliphatic rings. The zero-order chi connectivity index (χ0) is 14.2. The summed E-state index contributed by atoms with van der Waals surface area (Å²) >= 11 is 1.71. The first-order valence-corrected chi connectivity index (χ1v) is 7.55. The Labute approximate surface area is 119 Å². The van der Waals surface area contributed by atoms with E-state index in [1.807, 2.05) is 38.8 Å². The highest BCUT2D eigenvalue weighted by molar-refractivity contribution is 7.10. The van der Waals surface area contributed by atoms with E-state index in [4.69, 9.17) is 5.73 Å². The molecule has 1 aromatic heterocycles. The van der Waals surface area contributed by atoms with Gasteiger partial charge in [0, 0.05) is 31.1 Å². The first kappa shape index (κ1) is 14.5. The van der Waals surface area contributed by atoms with E-state index in [1.165, 1.54) is 4.88 Å². The van der Waals surface area contributed by atoms with Crippen LogP contribution in [0, 0.1) is 0 Å². The quantitative estimate of drug-likeness (QED) is 0.917. The molecule has 2 heterocycles. The average Bonchev–Trinajstić information content (AvgIpc) is 2.83. The van der Waals surface area contributed by atoms with E-state index >= 15 is 0 Å². The van der Waals surface area contributed by atoms with Crippen molar-refractivity contribution in [3.8, 4) is 0 Å². The second-order valence-corrected chi connectivity index (χ2v) is 6.78. The third-order valence-electron chi connectivity index (χ3n) is 3.93. The van der Waals surface area contributed by atoms with E-state index in [9.17, 15) is 4.79 Å². The van der Waals surface area contributed by atoms with E-state index in [0.29, 0.717) is 0 Å². The normalized spacial score (nSPS) is 23.4. The lowest BCUT2D eigenvalue weighted by Gasteiger charge is -2.49. The molecule has 1 amide bonds. The number of carbonyl (C=O) groups is 1. The maximum absolute atomic E-state index is 12.4. The Balaban J connectivity index is 2.35. The van der Waals surface area contributed by atoms with Gasteiger partial charge >= 0.3 is 0 Å². The second-order valence-electron chi connectivity index (χ2n) is 5.80. The molecular weight excluding hydrogens is 258 g/mol. The molecule has 0 aliphatic carbocycles. The SMILES string of the molecule is CC(N)C(c1cccs1)N1CCN(C)C(=O)C1(C)C. The Morgan fingerprint density at radius 2 is 2.11 bits per heavy atom. The van der Waals surface area contributed by atoms with Crippen molar-refractivity contribution >= 4 is 17.2 Å². The number of rotatable bonds is 3. The van der Waals surface area contributed by atoms with Crippen molar-refractivity contribution in [2.24, 2.45) is 5.73 Å². The molecule has 2 unspecified atom stereocenters.